The smallest absolute Gasteiger partial charge is 0.251 e. The van der Waals surface area contributed by atoms with E-state index in [9.17, 15) is 4.79 Å². The lowest BCUT2D eigenvalue weighted by molar-refractivity contribution is 0.0799. The molecule has 3 atom stereocenters. The highest BCUT2D eigenvalue weighted by atomic mass is 16.2. The number of hydrogen-bond acceptors (Lipinski definition) is 2. The Morgan fingerprint density at radius 2 is 1.58 bits per heavy atom. The molecule has 2 aliphatic rings. The lowest BCUT2D eigenvalue weighted by Crippen LogP contribution is -2.26. The van der Waals surface area contributed by atoms with Crippen LogP contribution in [0.3, 0.4) is 0 Å². The number of carbonyl (C=O) groups is 1. The van der Waals surface area contributed by atoms with E-state index >= 15 is 0 Å². The van der Waals surface area contributed by atoms with Crippen molar-refractivity contribution in [2.45, 2.75) is 12.8 Å². The van der Waals surface area contributed by atoms with Crippen molar-refractivity contribution in [1.82, 2.24) is 9.78 Å². The number of carbonyl (C=O) groups excluding carboxylic acids is 1. The minimum absolute atomic E-state index is 0.0518. The van der Waals surface area contributed by atoms with Gasteiger partial charge in [0.25, 0.3) is 5.91 Å². The van der Waals surface area contributed by atoms with Crippen molar-refractivity contribution in [3.63, 3.8) is 0 Å². The number of nitrogens with zero attached hydrogens (tertiary/aromatic N) is 2. The van der Waals surface area contributed by atoms with Gasteiger partial charge in [0, 0.05) is 17.0 Å². The second-order valence-electron chi connectivity index (χ2n) is 7.28. The Morgan fingerprint density at radius 3 is 2.19 bits per heavy atom. The Morgan fingerprint density at radius 1 is 0.885 bits per heavy atom. The van der Waals surface area contributed by atoms with E-state index in [-0.39, 0.29) is 11.8 Å². The Hall–Kier alpha value is -2.94. The van der Waals surface area contributed by atoms with Crippen LogP contribution in [0.15, 0.2) is 78.9 Å². The summed E-state index contributed by atoms with van der Waals surface area (Å²) in [4.78, 5) is 13.3. The number of aromatic nitrogens is 2. The summed E-state index contributed by atoms with van der Waals surface area (Å²) in [5, 5.41) is 4.73. The molecule has 1 heterocycles. The summed E-state index contributed by atoms with van der Waals surface area (Å²) in [5.74, 6) is 1.12. The van der Waals surface area contributed by atoms with Gasteiger partial charge in [0.05, 0.1) is 11.4 Å². The van der Waals surface area contributed by atoms with Crippen molar-refractivity contribution in [2.24, 2.45) is 17.8 Å². The largest absolute Gasteiger partial charge is 0.272 e. The van der Waals surface area contributed by atoms with Gasteiger partial charge in [-0.1, -0.05) is 72.8 Å². The summed E-state index contributed by atoms with van der Waals surface area (Å²) in [6.07, 6.45) is 6.56. The quantitative estimate of drug-likeness (QED) is 0.624. The average molecular weight is 340 g/mol. The van der Waals surface area contributed by atoms with Crippen LogP contribution in [0.2, 0.25) is 0 Å². The first-order valence-corrected chi connectivity index (χ1v) is 9.23. The lowest BCUT2D eigenvalue weighted by atomic mass is 9.93. The van der Waals surface area contributed by atoms with Gasteiger partial charge >= 0.3 is 0 Å². The highest BCUT2D eigenvalue weighted by Gasteiger charge is 2.41. The Bertz CT molecular complexity index is 972. The summed E-state index contributed by atoms with van der Waals surface area (Å²) in [5.41, 5.74) is 3.77. The molecule has 0 amide bonds. The molecule has 0 spiro atoms. The molecule has 2 aromatic carbocycles. The third-order valence-electron chi connectivity index (χ3n) is 5.65. The summed E-state index contributed by atoms with van der Waals surface area (Å²) in [7, 11) is 0. The van der Waals surface area contributed by atoms with Crippen molar-refractivity contribution in [1.29, 1.82) is 0 Å². The molecule has 5 rings (SSSR count). The van der Waals surface area contributed by atoms with Gasteiger partial charge in [-0.15, -0.1) is 0 Å². The molecule has 2 bridgehead atoms. The maximum atomic E-state index is 13.3. The maximum Gasteiger partial charge on any atom is 0.251 e. The zero-order chi connectivity index (χ0) is 17.5. The third kappa shape index (κ3) is 2.51. The number of fused-ring (bicyclic) bond motifs is 2. The van der Waals surface area contributed by atoms with Crippen LogP contribution in [0.4, 0.5) is 0 Å². The maximum absolute atomic E-state index is 13.3. The van der Waals surface area contributed by atoms with Gasteiger partial charge < -0.3 is 0 Å². The Labute approximate surface area is 153 Å². The molecular formula is C23H20N2O. The number of hydrogen-bond donors (Lipinski definition) is 0. The first kappa shape index (κ1) is 15.3. The van der Waals surface area contributed by atoms with Crippen LogP contribution in [0, 0.1) is 17.8 Å². The zero-order valence-corrected chi connectivity index (χ0v) is 14.5. The summed E-state index contributed by atoms with van der Waals surface area (Å²) < 4.78 is 1.65. The van der Waals surface area contributed by atoms with Gasteiger partial charge in [0.1, 0.15) is 0 Å². The molecule has 128 valence electrons. The van der Waals surface area contributed by atoms with Crippen molar-refractivity contribution >= 4 is 5.91 Å². The third-order valence-corrected chi connectivity index (χ3v) is 5.65. The molecule has 3 aromatic rings. The van der Waals surface area contributed by atoms with Crippen LogP contribution >= 0.6 is 0 Å². The molecule has 0 radical (unpaired) electrons. The van der Waals surface area contributed by atoms with Crippen LogP contribution < -0.4 is 0 Å². The average Bonchev–Trinajstić information content (AvgIpc) is 3.44. The van der Waals surface area contributed by atoms with Gasteiger partial charge in [-0.3, -0.25) is 4.79 Å². The summed E-state index contributed by atoms with van der Waals surface area (Å²) in [6.45, 7) is 0. The molecule has 0 aliphatic heterocycles. The second-order valence-corrected chi connectivity index (χ2v) is 7.28. The summed E-state index contributed by atoms with van der Waals surface area (Å²) >= 11 is 0. The Balaban J connectivity index is 1.60. The van der Waals surface area contributed by atoms with Crippen LogP contribution in [-0.4, -0.2) is 15.7 Å². The minimum atomic E-state index is 0.0518. The van der Waals surface area contributed by atoms with Gasteiger partial charge in [-0.2, -0.15) is 9.78 Å². The SMILES string of the molecule is O=C([C@H]1C[C@H]2C=C[C@H]1C2)n1nc(-c2ccccc2)cc1-c1ccccc1. The van der Waals surface area contributed by atoms with E-state index in [4.69, 9.17) is 5.10 Å². The fourth-order valence-electron chi connectivity index (χ4n) is 4.34. The fraction of sp³-hybridized carbons (Fsp3) is 0.217. The summed E-state index contributed by atoms with van der Waals surface area (Å²) in [6, 6.07) is 22.2. The van der Waals surface area contributed by atoms with E-state index in [1.54, 1.807) is 4.68 Å². The molecule has 0 unspecified atom stereocenters. The molecule has 0 saturated heterocycles. The highest BCUT2D eigenvalue weighted by Crippen LogP contribution is 2.44. The number of benzene rings is 2. The van der Waals surface area contributed by atoms with Gasteiger partial charge in [-0.05, 0) is 30.7 Å². The van der Waals surface area contributed by atoms with E-state index in [0.717, 1.165) is 35.4 Å². The van der Waals surface area contributed by atoms with Crippen molar-refractivity contribution in [3.8, 4) is 22.5 Å². The Kier molecular flexibility index (Phi) is 3.59. The highest BCUT2D eigenvalue weighted by molar-refractivity contribution is 5.87. The van der Waals surface area contributed by atoms with Gasteiger partial charge in [0.2, 0.25) is 0 Å². The van der Waals surface area contributed by atoms with E-state index in [2.05, 4.69) is 12.2 Å². The standard InChI is InChI=1S/C23H20N2O/c26-23(20-14-16-11-12-19(20)13-16)25-22(18-9-5-2-6-10-18)15-21(24-25)17-7-3-1-4-8-17/h1-12,15-16,19-20H,13-14H2/t16-,19-,20-/m0/s1. The van der Waals surface area contributed by atoms with Crippen molar-refractivity contribution < 1.29 is 4.79 Å². The first-order valence-electron chi connectivity index (χ1n) is 9.23. The monoisotopic (exact) mass is 340 g/mol. The van der Waals surface area contributed by atoms with Crippen molar-refractivity contribution in [3.05, 3.63) is 78.9 Å². The molecular weight excluding hydrogens is 320 g/mol. The normalized spacial score (nSPS) is 23.5. The molecule has 3 heteroatoms. The number of rotatable bonds is 3. The zero-order valence-electron chi connectivity index (χ0n) is 14.5. The predicted octanol–water partition coefficient (Wildman–Crippen LogP) is 5.07. The lowest BCUT2D eigenvalue weighted by Gasteiger charge is -2.17. The number of allylic oxidation sites excluding steroid dienone is 2. The van der Waals surface area contributed by atoms with Crippen LogP contribution in [0.25, 0.3) is 22.5 Å². The fourth-order valence-corrected chi connectivity index (χ4v) is 4.34. The van der Waals surface area contributed by atoms with E-state index in [1.807, 2.05) is 66.7 Å². The molecule has 2 aliphatic carbocycles. The van der Waals surface area contributed by atoms with E-state index in [1.165, 1.54) is 0 Å². The van der Waals surface area contributed by atoms with E-state index in [0.29, 0.717) is 11.8 Å². The molecule has 1 fully saturated rings. The molecule has 26 heavy (non-hydrogen) atoms. The predicted molar refractivity (Wildman–Crippen MR) is 103 cm³/mol. The van der Waals surface area contributed by atoms with E-state index < -0.39 is 0 Å². The van der Waals surface area contributed by atoms with Crippen molar-refractivity contribution in [2.75, 3.05) is 0 Å². The van der Waals surface area contributed by atoms with Crippen LogP contribution in [-0.2, 0) is 0 Å². The first-order chi connectivity index (χ1) is 12.8. The molecule has 1 saturated carbocycles. The molecule has 1 aromatic heterocycles. The van der Waals surface area contributed by atoms with Gasteiger partial charge in [0.15, 0.2) is 0 Å². The minimum Gasteiger partial charge on any atom is -0.272 e. The van der Waals surface area contributed by atoms with Gasteiger partial charge in [-0.25, -0.2) is 0 Å². The topological polar surface area (TPSA) is 34.9 Å². The van der Waals surface area contributed by atoms with Crippen LogP contribution in [0.1, 0.15) is 17.6 Å². The second kappa shape index (κ2) is 6.10. The molecule has 3 nitrogen and oxygen atoms in total. The van der Waals surface area contributed by atoms with Crippen LogP contribution in [0.5, 0.6) is 0 Å². The molecule has 0 N–H and O–H groups in total.